The van der Waals surface area contributed by atoms with E-state index >= 15 is 0 Å². The number of nitro groups is 1. The summed E-state index contributed by atoms with van der Waals surface area (Å²) in [5.74, 6) is 0.363. The van der Waals surface area contributed by atoms with Crippen molar-refractivity contribution in [1.29, 1.82) is 0 Å². The number of benzene rings is 1. The van der Waals surface area contributed by atoms with E-state index in [2.05, 4.69) is 36.4 Å². The Hall–Kier alpha value is -2.96. The zero-order valence-corrected chi connectivity index (χ0v) is 17.4. The summed E-state index contributed by atoms with van der Waals surface area (Å²) in [7, 11) is 0. The van der Waals surface area contributed by atoms with Gasteiger partial charge in [0.1, 0.15) is 6.20 Å². The highest BCUT2D eigenvalue weighted by molar-refractivity contribution is 5.97. The second kappa shape index (κ2) is 8.59. The molecule has 0 spiro atoms. The maximum atomic E-state index is 12.9. The van der Waals surface area contributed by atoms with E-state index in [9.17, 15) is 14.9 Å². The Bertz CT molecular complexity index is 926. The number of fused-ring (bicyclic) bond motifs is 1. The monoisotopic (exact) mass is 396 g/mol. The van der Waals surface area contributed by atoms with Gasteiger partial charge < -0.3 is 10.6 Å². The molecule has 7 heteroatoms. The number of carbonyl (C=O) groups excluding carboxylic acids is 1. The highest BCUT2D eigenvalue weighted by atomic mass is 16.6. The highest BCUT2D eigenvalue weighted by Gasteiger charge is 2.24. The van der Waals surface area contributed by atoms with Crippen molar-refractivity contribution >= 4 is 17.3 Å². The molecule has 2 atom stereocenters. The molecule has 7 nitrogen and oxygen atoms in total. The Morgan fingerprint density at radius 2 is 2.07 bits per heavy atom. The van der Waals surface area contributed by atoms with Gasteiger partial charge >= 0.3 is 0 Å². The molecular formula is C22H28N4O3. The fraction of sp³-hybridized carbons (Fsp3) is 0.455. The van der Waals surface area contributed by atoms with Crippen LogP contribution in [0, 0.1) is 23.0 Å². The third kappa shape index (κ3) is 4.72. The van der Waals surface area contributed by atoms with E-state index in [1.165, 1.54) is 6.20 Å². The van der Waals surface area contributed by atoms with Gasteiger partial charge in [-0.2, -0.15) is 0 Å². The second-order valence-electron chi connectivity index (χ2n) is 8.12. The third-order valence-electron chi connectivity index (χ3n) is 5.75. The SMILES string of the molecule is Cc1c(N[C@H](C)C(C)C)cccc1C(=O)N[C@@H]1CCc2ncc([N+](=O)[O-])cc2C1. The van der Waals surface area contributed by atoms with Gasteiger partial charge in [0, 0.05) is 35.1 Å². The number of hydrogen-bond acceptors (Lipinski definition) is 5. The first kappa shape index (κ1) is 20.8. The molecule has 1 aliphatic carbocycles. The minimum atomic E-state index is -0.435. The van der Waals surface area contributed by atoms with E-state index in [-0.39, 0.29) is 17.6 Å². The predicted octanol–water partition coefficient (Wildman–Crippen LogP) is 4.04. The summed E-state index contributed by atoms with van der Waals surface area (Å²) in [6.45, 7) is 8.39. The molecule has 3 rings (SSSR count). The molecule has 1 aromatic carbocycles. The third-order valence-corrected chi connectivity index (χ3v) is 5.75. The number of hydrogen-bond donors (Lipinski definition) is 2. The Balaban J connectivity index is 1.73. The van der Waals surface area contributed by atoms with E-state index in [0.29, 0.717) is 30.4 Å². The zero-order valence-electron chi connectivity index (χ0n) is 17.4. The minimum absolute atomic E-state index is 0.00961. The quantitative estimate of drug-likeness (QED) is 0.567. The van der Waals surface area contributed by atoms with Crippen molar-refractivity contribution in [3.05, 3.63) is 63.0 Å². The highest BCUT2D eigenvalue weighted by Crippen LogP contribution is 2.25. The van der Waals surface area contributed by atoms with Gasteiger partial charge in [-0.15, -0.1) is 0 Å². The number of pyridine rings is 1. The molecule has 0 fully saturated rings. The molecule has 0 bridgehead atoms. The molecule has 29 heavy (non-hydrogen) atoms. The van der Waals surface area contributed by atoms with Gasteiger partial charge in [0.15, 0.2) is 0 Å². The van der Waals surface area contributed by atoms with Gasteiger partial charge in [-0.1, -0.05) is 19.9 Å². The summed E-state index contributed by atoms with van der Waals surface area (Å²) in [6.07, 6.45) is 3.32. The van der Waals surface area contributed by atoms with Crippen LogP contribution in [0.5, 0.6) is 0 Å². The number of nitrogens with zero attached hydrogens (tertiary/aromatic N) is 2. The van der Waals surface area contributed by atoms with Gasteiger partial charge in [0.25, 0.3) is 11.6 Å². The van der Waals surface area contributed by atoms with Crippen LogP contribution in [0.4, 0.5) is 11.4 Å². The van der Waals surface area contributed by atoms with Crippen LogP contribution < -0.4 is 10.6 Å². The molecule has 0 unspecified atom stereocenters. The Kier molecular flexibility index (Phi) is 6.15. The number of amides is 1. The number of nitrogens with one attached hydrogen (secondary N) is 2. The van der Waals surface area contributed by atoms with E-state index in [4.69, 9.17) is 0 Å². The minimum Gasteiger partial charge on any atom is -0.382 e. The van der Waals surface area contributed by atoms with E-state index in [1.807, 2.05) is 25.1 Å². The summed E-state index contributed by atoms with van der Waals surface area (Å²) in [5.41, 5.74) is 4.25. The molecular weight excluding hydrogens is 368 g/mol. The summed E-state index contributed by atoms with van der Waals surface area (Å²) < 4.78 is 0. The van der Waals surface area contributed by atoms with Crippen LogP contribution in [0.3, 0.4) is 0 Å². The molecule has 1 aliphatic rings. The maximum Gasteiger partial charge on any atom is 0.287 e. The van der Waals surface area contributed by atoms with E-state index in [0.717, 1.165) is 28.9 Å². The smallest absolute Gasteiger partial charge is 0.287 e. The molecule has 1 aromatic heterocycles. The molecule has 2 N–H and O–H groups in total. The molecule has 1 heterocycles. The molecule has 0 saturated heterocycles. The van der Waals surface area contributed by atoms with Crippen LogP contribution in [0.25, 0.3) is 0 Å². The normalized spacial score (nSPS) is 16.8. The summed E-state index contributed by atoms with van der Waals surface area (Å²) >= 11 is 0. The topological polar surface area (TPSA) is 97.2 Å². The number of aromatic nitrogens is 1. The number of rotatable bonds is 6. The second-order valence-corrected chi connectivity index (χ2v) is 8.12. The lowest BCUT2D eigenvalue weighted by molar-refractivity contribution is -0.385. The van der Waals surface area contributed by atoms with Crippen LogP contribution in [-0.4, -0.2) is 27.9 Å². The van der Waals surface area contributed by atoms with Crippen molar-refractivity contribution in [3.63, 3.8) is 0 Å². The lowest BCUT2D eigenvalue weighted by Gasteiger charge is -2.25. The molecule has 0 aliphatic heterocycles. The summed E-state index contributed by atoms with van der Waals surface area (Å²) in [4.78, 5) is 27.7. The molecule has 0 radical (unpaired) electrons. The first-order chi connectivity index (χ1) is 13.8. The first-order valence-electron chi connectivity index (χ1n) is 10.1. The van der Waals surface area contributed by atoms with Crippen molar-refractivity contribution in [1.82, 2.24) is 10.3 Å². The standard InChI is InChI=1S/C22H28N4O3/c1-13(2)15(4)24-20-7-5-6-19(14(20)3)22(27)25-17-8-9-21-16(10-17)11-18(12-23-21)26(28)29/h5-7,11-13,15,17,24H,8-10H2,1-4H3,(H,25,27)/t15-,17-/m1/s1. The number of carbonyl (C=O) groups is 1. The maximum absolute atomic E-state index is 12.9. The van der Waals surface area contributed by atoms with E-state index < -0.39 is 4.92 Å². The number of aryl methyl sites for hydroxylation is 1. The average molecular weight is 396 g/mol. The van der Waals surface area contributed by atoms with Crippen molar-refractivity contribution in [3.8, 4) is 0 Å². The van der Waals surface area contributed by atoms with Crippen LogP contribution in [0.2, 0.25) is 0 Å². The number of anilines is 1. The Labute approximate surface area is 171 Å². The Morgan fingerprint density at radius 3 is 2.76 bits per heavy atom. The van der Waals surface area contributed by atoms with Crippen LogP contribution in [-0.2, 0) is 12.8 Å². The fourth-order valence-corrected chi connectivity index (χ4v) is 3.54. The molecule has 1 amide bonds. The summed E-state index contributed by atoms with van der Waals surface area (Å²) in [6, 6.07) is 7.52. The van der Waals surface area contributed by atoms with Crippen LogP contribution >= 0.6 is 0 Å². The molecule has 154 valence electrons. The fourth-order valence-electron chi connectivity index (χ4n) is 3.54. The Morgan fingerprint density at radius 1 is 1.31 bits per heavy atom. The van der Waals surface area contributed by atoms with Gasteiger partial charge in [-0.25, -0.2) is 0 Å². The zero-order chi connectivity index (χ0) is 21.1. The van der Waals surface area contributed by atoms with Gasteiger partial charge in [-0.05, 0) is 62.3 Å². The van der Waals surface area contributed by atoms with Crippen molar-refractivity contribution in [2.45, 2.75) is 59.0 Å². The van der Waals surface area contributed by atoms with Gasteiger partial charge in [0.05, 0.1) is 4.92 Å². The lowest BCUT2D eigenvalue weighted by Crippen LogP contribution is -2.39. The molecule has 0 saturated carbocycles. The van der Waals surface area contributed by atoms with Crippen molar-refractivity contribution < 1.29 is 9.72 Å². The van der Waals surface area contributed by atoms with Gasteiger partial charge in [-0.3, -0.25) is 19.9 Å². The largest absolute Gasteiger partial charge is 0.382 e. The van der Waals surface area contributed by atoms with E-state index in [1.54, 1.807) is 6.07 Å². The molecule has 2 aromatic rings. The summed E-state index contributed by atoms with van der Waals surface area (Å²) in [5, 5.41) is 17.6. The first-order valence-corrected chi connectivity index (χ1v) is 10.1. The predicted molar refractivity (Wildman–Crippen MR) is 113 cm³/mol. The van der Waals surface area contributed by atoms with Gasteiger partial charge in [0.2, 0.25) is 0 Å². The van der Waals surface area contributed by atoms with Crippen molar-refractivity contribution in [2.75, 3.05) is 5.32 Å². The van der Waals surface area contributed by atoms with Crippen LogP contribution in [0.1, 0.15) is 54.4 Å². The van der Waals surface area contributed by atoms with Crippen molar-refractivity contribution in [2.24, 2.45) is 5.92 Å². The van der Waals surface area contributed by atoms with Crippen LogP contribution in [0.15, 0.2) is 30.5 Å². The lowest BCUT2D eigenvalue weighted by atomic mass is 9.91. The average Bonchev–Trinajstić information content (AvgIpc) is 2.68.